The molecule has 106 valence electrons. The van der Waals surface area contributed by atoms with Crippen LogP contribution >= 0.6 is 11.3 Å². The van der Waals surface area contributed by atoms with E-state index in [-0.39, 0.29) is 15.5 Å². The number of sulfonamides is 1. The Morgan fingerprint density at radius 3 is 2.50 bits per heavy atom. The average molecular weight is 311 g/mol. The van der Waals surface area contributed by atoms with Crippen molar-refractivity contribution in [3.8, 4) is 0 Å². The average Bonchev–Trinajstić information content (AvgIpc) is 2.80. The molecule has 0 saturated heterocycles. The van der Waals surface area contributed by atoms with E-state index < -0.39 is 16.0 Å². The van der Waals surface area contributed by atoms with Crippen molar-refractivity contribution in [1.29, 1.82) is 0 Å². The van der Waals surface area contributed by atoms with Crippen LogP contribution in [0.1, 0.15) is 15.2 Å². The van der Waals surface area contributed by atoms with Gasteiger partial charge in [-0.05, 0) is 30.0 Å². The van der Waals surface area contributed by atoms with E-state index in [4.69, 9.17) is 0 Å². The normalized spacial score (nSPS) is 11.1. The molecule has 0 radical (unpaired) electrons. The Kier molecular flexibility index (Phi) is 4.10. The highest BCUT2D eigenvalue weighted by molar-refractivity contribution is 7.92. The third-order valence-corrected chi connectivity index (χ3v) is 5.08. The number of hydrogen-bond donors (Lipinski definition) is 1. The number of methoxy groups -OCH3 is 1. The molecule has 0 aliphatic carbocycles. The molecule has 2 rings (SSSR count). The highest BCUT2D eigenvalue weighted by Gasteiger charge is 2.22. The highest BCUT2D eigenvalue weighted by atomic mass is 32.2. The van der Waals surface area contributed by atoms with Crippen molar-refractivity contribution in [3.63, 3.8) is 0 Å². The van der Waals surface area contributed by atoms with Crippen molar-refractivity contribution in [3.05, 3.63) is 46.2 Å². The molecule has 0 aliphatic rings. The molecule has 1 N–H and O–H groups in total. The van der Waals surface area contributed by atoms with E-state index >= 15 is 0 Å². The summed E-state index contributed by atoms with van der Waals surface area (Å²) in [5.74, 6) is -0.561. The fourth-order valence-electron chi connectivity index (χ4n) is 1.61. The number of thiophene rings is 1. The van der Waals surface area contributed by atoms with Gasteiger partial charge >= 0.3 is 5.97 Å². The number of hydrogen-bond acceptors (Lipinski definition) is 5. The fraction of sp³-hybridized carbons (Fsp3) is 0.154. The van der Waals surface area contributed by atoms with E-state index in [0.29, 0.717) is 5.56 Å². The predicted molar refractivity (Wildman–Crippen MR) is 77.6 cm³/mol. The Morgan fingerprint density at radius 1 is 1.25 bits per heavy atom. The lowest BCUT2D eigenvalue weighted by molar-refractivity contribution is 0.0607. The van der Waals surface area contributed by atoms with Gasteiger partial charge in [0.25, 0.3) is 10.0 Å². The number of aryl methyl sites for hydroxylation is 1. The number of rotatable bonds is 4. The zero-order valence-corrected chi connectivity index (χ0v) is 12.5. The van der Waals surface area contributed by atoms with Crippen LogP contribution in [-0.2, 0) is 14.8 Å². The van der Waals surface area contributed by atoms with Gasteiger partial charge in [-0.25, -0.2) is 13.2 Å². The fourth-order valence-corrected chi connectivity index (χ4v) is 3.76. The monoisotopic (exact) mass is 311 g/mol. The lowest BCUT2D eigenvalue weighted by Gasteiger charge is -2.09. The van der Waals surface area contributed by atoms with Crippen LogP contribution in [0.25, 0.3) is 0 Å². The summed E-state index contributed by atoms with van der Waals surface area (Å²) in [7, 11) is -2.46. The highest BCUT2D eigenvalue weighted by Crippen LogP contribution is 2.30. The molecule has 1 aromatic heterocycles. The van der Waals surface area contributed by atoms with Crippen LogP contribution in [0.2, 0.25) is 0 Å². The molecule has 1 heterocycles. The van der Waals surface area contributed by atoms with Gasteiger partial charge in [-0.15, -0.1) is 11.3 Å². The summed E-state index contributed by atoms with van der Waals surface area (Å²) in [6.07, 6.45) is 0. The molecule has 0 atom stereocenters. The summed E-state index contributed by atoms with van der Waals surface area (Å²) in [6, 6.07) is 7.98. The second kappa shape index (κ2) is 5.64. The maximum Gasteiger partial charge on any atom is 0.350 e. The molecule has 7 heteroatoms. The smallest absolute Gasteiger partial charge is 0.350 e. The topological polar surface area (TPSA) is 72.5 Å². The SMILES string of the molecule is COC(=O)c1scc(C)c1NS(=O)(=O)c1ccccc1. The molecule has 2 aromatic rings. The number of nitrogens with one attached hydrogen (secondary N) is 1. The van der Waals surface area contributed by atoms with E-state index in [9.17, 15) is 13.2 Å². The van der Waals surface area contributed by atoms with Gasteiger partial charge in [-0.1, -0.05) is 18.2 Å². The number of esters is 1. The van der Waals surface area contributed by atoms with Gasteiger partial charge in [0.1, 0.15) is 4.88 Å². The Labute approximate surface area is 121 Å². The van der Waals surface area contributed by atoms with Crippen molar-refractivity contribution in [1.82, 2.24) is 0 Å². The van der Waals surface area contributed by atoms with Gasteiger partial charge in [0.15, 0.2) is 0 Å². The Balaban J connectivity index is 2.40. The van der Waals surface area contributed by atoms with Crippen molar-refractivity contribution in [2.45, 2.75) is 11.8 Å². The molecule has 0 aliphatic heterocycles. The second-order valence-corrected chi connectivity index (χ2v) is 6.60. The van der Waals surface area contributed by atoms with Gasteiger partial charge in [0, 0.05) is 0 Å². The molecule has 0 bridgehead atoms. The van der Waals surface area contributed by atoms with Crippen LogP contribution in [-0.4, -0.2) is 21.5 Å². The van der Waals surface area contributed by atoms with E-state index in [0.717, 1.165) is 11.3 Å². The third-order valence-electron chi connectivity index (χ3n) is 2.64. The van der Waals surface area contributed by atoms with Crippen LogP contribution in [0.5, 0.6) is 0 Å². The van der Waals surface area contributed by atoms with Gasteiger partial charge in [-0.2, -0.15) is 0 Å². The Bertz CT molecular complexity index is 720. The number of benzene rings is 1. The van der Waals surface area contributed by atoms with Crippen molar-refractivity contribution in [2.24, 2.45) is 0 Å². The molecule has 0 unspecified atom stereocenters. The van der Waals surface area contributed by atoms with Gasteiger partial charge < -0.3 is 4.74 Å². The standard InChI is InChI=1S/C13H13NO4S2/c1-9-8-19-12(13(15)18-2)11(9)14-20(16,17)10-6-4-3-5-7-10/h3-8,14H,1-2H3. The third kappa shape index (κ3) is 2.83. The van der Waals surface area contributed by atoms with Crippen LogP contribution in [0.3, 0.4) is 0 Å². The minimum atomic E-state index is -3.72. The summed E-state index contributed by atoms with van der Waals surface area (Å²) in [6.45, 7) is 1.73. The van der Waals surface area contributed by atoms with Crippen molar-refractivity contribution >= 4 is 33.0 Å². The largest absolute Gasteiger partial charge is 0.465 e. The minimum absolute atomic E-state index is 0.140. The maximum absolute atomic E-state index is 12.3. The molecule has 1 aromatic carbocycles. The lowest BCUT2D eigenvalue weighted by Crippen LogP contribution is -2.15. The molecule has 0 fully saturated rings. The number of ether oxygens (including phenoxy) is 1. The van der Waals surface area contributed by atoms with Crippen molar-refractivity contribution in [2.75, 3.05) is 11.8 Å². The first kappa shape index (κ1) is 14.5. The van der Waals surface area contributed by atoms with Crippen LogP contribution in [0.15, 0.2) is 40.6 Å². The Morgan fingerprint density at radius 2 is 1.90 bits per heavy atom. The van der Waals surface area contributed by atoms with E-state index in [1.807, 2.05) is 0 Å². The summed E-state index contributed by atoms with van der Waals surface area (Å²) in [5.41, 5.74) is 0.945. The first-order chi connectivity index (χ1) is 9.45. The van der Waals surface area contributed by atoms with Gasteiger partial charge in [0.05, 0.1) is 17.7 Å². The van der Waals surface area contributed by atoms with Crippen molar-refractivity contribution < 1.29 is 17.9 Å². The predicted octanol–water partition coefficient (Wildman–Crippen LogP) is 2.64. The molecular weight excluding hydrogens is 298 g/mol. The van der Waals surface area contributed by atoms with E-state index in [2.05, 4.69) is 9.46 Å². The molecule has 0 spiro atoms. The van der Waals surface area contributed by atoms with E-state index in [1.54, 1.807) is 30.5 Å². The van der Waals surface area contributed by atoms with E-state index in [1.165, 1.54) is 19.2 Å². The van der Waals surface area contributed by atoms with Crippen LogP contribution in [0, 0.1) is 6.92 Å². The zero-order valence-electron chi connectivity index (χ0n) is 10.9. The quantitative estimate of drug-likeness (QED) is 0.881. The number of anilines is 1. The lowest BCUT2D eigenvalue weighted by atomic mass is 10.3. The Hall–Kier alpha value is -1.86. The zero-order chi connectivity index (χ0) is 14.8. The summed E-state index contributed by atoms with van der Waals surface area (Å²) in [5, 5.41) is 1.70. The first-order valence-corrected chi connectivity index (χ1v) is 8.06. The second-order valence-electron chi connectivity index (χ2n) is 4.03. The molecular formula is C13H13NO4S2. The molecule has 5 nitrogen and oxygen atoms in total. The van der Waals surface area contributed by atoms with Gasteiger partial charge in [-0.3, -0.25) is 4.72 Å². The summed E-state index contributed by atoms with van der Waals surface area (Å²) < 4.78 is 31.6. The first-order valence-electron chi connectivity index (χ1n) is 5.70. The summed E-state index contributed by atoms with van der Waals surface area (Å²) >= 11 is 1.14. The number of carbonyl (C=O) groups excluding carboxylic acids is 1. The minimum Gasteiger partial charge on any atom is -0.465 e. The summed E-state index contributed by atoms with van der Waals surface area (Å²) in [4.78, 5) is 12.0. The maximum atomic E-state index is 12.3. The molecule has 0 amide bonds. The van der Waals surface area contributed by atoms with Crippen LogP contribution < -0.4 is 4.72 Å². The number of carbonyl (C=O) groups is 1. The molecule has 0 saturated carbocycles. The van der Waals surface area contributed by atoms with Crippen LogP contribution in [0.4, 0.5) is 5.69 Å². The molecule has 20 heavy (non-hydrogen) atoms. The van der Waals surface area contributed by atoms with Gasteiger partial charge in [0.2, 0.25) is 0 Å².